The van der Waals surface area contributed by atoms with Crippen molar-refractivity contribution in [2.75, 3.05) is 65.4 Å². The summed E-state index contributed by atoms with van der Waals surface area (Å²) < 4.78 is 0. The average molecular weight is 400 g/mol. The van der Waals surface area contributed by atoms with Crippen LogP contribution < -0.4 is 5.32 Å². The lowest BCUT2D eigenvalue weighted by molar-refractivity contribution is -0.134. The summed E-state index contributed by atoms with van der Waals surface area (Å²) in [5.74, 6) is 0.351. The third-order valence-electron chi connectivity index (χ3n) is 6.11. The molecule has 1 aliphatic carbocycles. The molecule has 2 heterocycles. The van der Waals surface area contributed by atoms with Crippen LogP contribution in [0.3, 0.4) is 0 Å². The van der Waals surface area contributed by atoms with E-state index >= 15 is 0 Å². The van der Waals surface area contributed by atoms with Crippen molar-refractivity contribution in [3.8, 4) is 0 Å². The summed E-state index contributed by atoms with van der Waals surface area (Å²) in [5.41, 5.74) is 1.35. The molecule has 0 spiro atoms. The minimum Gasteiger partial charge on any atom is -0.352 e. The molecule has 0 aromatic heterocycles. The fraction of sp³-hybridized carbons (Fsp3) is 0.636. The van der Waals surface area contributed by atoms with Gasteiger partial charge >= 0.3 is 0 Å². The molecule has 0 atom stereocenters. The number of carbonyl (C=O) groups excluding carboxylic acids is 2. The van der Waals surface area contributed by atoms with Crippen molar-refractivity contribution in [3.63, 3.8) is 0 Å². The summed E-state index contributed by atoms with van der Waals surface area (Å²) in [6.07, 6.45) is 2.24. The number of amides is 2. The zero-order valence-electron chi connectivity index (χ0n) is 17.3. The van der Waals surface area contributed by atoms with Crippen LogP contribution in [0.25, 0.3) is 0 Å². The fourth-order valence-corrected chi connectivity index (χ4v) is 4.10. The lowest BCUT2D eigenvalue weighted by atomic mass is 10.2. The maximum absolute atomic E-state index is 12.7. The third-order valence-corrected chi connectivity index (χ3v) is 6.11. The topological polar surface area (TPSA) is 59.1 Å². The van der Waals surface area contributed by atoms with Crippen LogP contribution in [0.5, 0.6) is 0 Å². The number of nitrogens with one attached hydrogen (secondary N) is 1. The van der Waals surface area contributed by atoms with E-state index in [2.05, 4.69) is 50.3 Å². The van der Waals surface area contributed by atoms with Crippen LogP contribution in [-0.4, -0.2) is 103 Å². The van der Waals surface area contributed by atoms with Crippen LogP contribution in [-0.2, 0) is 16.1 Å². The predicted octanol–water partition coefficient (Wildman–Crippen LogP) is 0.227. The van der Waals surface area contributed by atoms with Gasteiger partial charge in [-0.25, -0.2) is 0 Å². The molecule has 7 heteroatoms. The van der Waals surface area contributed by atoms with Crippen LogP contribution in [0.1, 0.15) is 18.4 Å². The molecular weight excluding hydrogens is 366 g/mol. The molecule has 1 saturated carbocycles. The van der Waals surface area contributed by atoms with Crippen LogP contribution >= 0.6 is 0 Å². The van der Waals surface area contributed by atoms with Crippen molar-refractivity contribution in [1.82, 2.24) is 24.9 Å². The van der Waals surface area contributed by atoms with Gasteiger partial charge in [0, 0.05) is 64.9 Å². The Morgan fingerprint density at radius 2 is 1.38 bits per heavy atom. The van der Waals surface area contributed by atoms with Crippen molar-refractivity contribution in [2.45, 2.75) is 25.4 Å². The van der Waals surface area contributed by atoms with E-state index in [-0.39, 0.29) is 11.8 Å². The first kappa shape index (κ1) is 20.3. The monoisotopic (exact) mass is 399 g/mol. The molecular formula is C22H33N5O2. The van der Waals surface area contributed by atoms with Gasteiger partial charge in [0.15, 0.2) is 0 Å². The molecule has 0 radical (unpaired) electrons. The highest BCUT2D eigenvalue weighted by atomic mass is 16.2. The molecule has 1 aromatic carbocycles. The Kier molecular flexibility index (Phi) is 6.79. The Morgan fingerprint density at radius 3 is 2.03 bits per heavy atom. The largest absolute Gasteiger partial charge is 0.352 e. The molecule has 4 rings (SSSR count). The SMILES string of the molecule is O=C(CN1CCN(C(=O)CN2CCN(Cc3ccccc3)CC2)CC1)NC1CC1. The minimum absolute atomic E-state index is 0.126. The van der Waals surface area contributed by atoms with Gasteiger partial charge in [-0.1, -0.05) is 30.3 Å². The van der Waals surface area contributed by atoms with Gasteiger partial charge < -0.3 is 10.2 Å². The van der Waals surface area contributed by atoms with Crippen molar-refractivity contribution in [2.24, 2.45) is 0 Å². The van der Waals surface area contributed by atoms with Crippen molar-refractivity contribution < 1.29 is 9.59 Å². The second-order valence-electron chi connectivity index (χ2n) is 8.54. The number of carbonyl (C=O) groups is 2. The van der Waals surface area contributed by atoms with Crippen molar-refractivity contribution in [1.29, 1.82) is 0 Å². The van der Waals surface area contributed by atoms with Gasteiger partial charge in [0.2, 0.25) is 11.8 Å². The van der Waals surface area contributed by atoms with Gasteiger partial charge in [0.05, 0.1) is 13.1 Å². The van der Waals surface area contributed by atoms with Crippen molar-refractivity contribution in [3.05, 3.63) is 35.9 Å². The van der Waals surface area contributed by atoms with Gasteiger partial charge in [-0.05, 0) is 18.4 Å². The number of hydrogen-bond acceptors (Lipinski definition) is 5. The maximum atomic E-state index is 12.7. The molecule has 2 amide bonds. The van der Waals surface area contributed by atoms with Gasteiger partial charge in [-0.2, -0.15) is 0 Å². The summed E-state index contributed by atoms with van der Waals surface area (Å²) in [6.45, 7) is 8.89. The molecule has 1 N–H and O–H groups in total. The van der Waals surface area contributed by atoms with E-state index in [0.29, 0.717) is 19.1 Å². The van der Waals surface area contributed by atoms with E-state index in [1.165, 1.54) is 5.56 Å². The Bertz CT molecular complexity index is 678. The molecule has 0 unspecified atom stereocenters. The van der Waals surface area contributed by atoms with E-state index in [1.54, 1.807) is 0 Å². The number of benzene rings is 1. The summed E-state index contributed by atoms with van der Waals surface area (Å²) in [4.78, 5) is 33.5. The van der Waals surface area contributed by atoms with E-state index < -0.39 is 0 Å². The number of piperazine rings is 2. The first-order valence-electron chi connectivity index (χ1n) is 10.9. The molecule has 3 fully saturated rings. The lowest BCUT2D eigenvalue weighted by Crippen LogP contribution is -2.54. The highest BCUT2D eigenvalue weighted by Gasteiger charge is 2.27. The highest BCUT2D eigenvalue weighted by molar-refractivity contribution is 5.79. The van der Waals surface area contributed by atoms with Crippen LogP contribution in [0.4, 0.5) is 0 Å². The van der Waals surface area contributed by atoms with E-state index in [4.69, 9.17) is 0 Å². The standard InChI is InChI=1S/C22H33N5O2/c28-21(23-20-6-7-20)17-25-12-14-27(15-13-25)22(29)18-26-10-8-24(9-11-26)16-19-4-2-1-3-5-19/h1-5,20H,6-18H2,(H,23,28). The Hall–Kier alpha value is -1.96. The normalized spacial score (nSPS) is 21.9. The summed E-state index contributed by atoms with van der Waals surface area (Å²) in [5, 5.41) is 3.04. The fourth-order valence-electron chi connectivity index (χ4n) is 4.10. The molecule has 158 valence electrons. The summed E-state index contributed by atoms with van der Waals surface area (Å²) >= 11 is 0. The van der Waals surface area contributed by atoms with Gasteiger partial charge in [0.25, 0.3) is 0 Å². The van der Waals surface area contributed by atoms with Crippen LogP contribution in [0, 0.1) is 0 Å². The smallest absolute Gasteiger partial charge is 0.236 e. The van der Waals surface area contributed by atoms with Crippen LogP contribution in [0.2, 0.25) is 0 Å². The Balaban J connectivity index is 1.13. The molecule has 0 bridgehead atoms. The van der Waals surface area contributed by atoms with Gasteiger partial charge in [0.1, 0.15) is 0 Å². The number of hydrogen-bond donors (Lipinski definition) is 1. The predicted molar refractivity (Wildman–Crippen MR) is 112 cm³/mol. The van der Waals surface area contributed by atoms with Gasteiger partial charge in [-0.15, -0.1) is 0 Å². The first-order chi connectivity index (χ1) is 14.2. The van der Waals surface area contributed by atoms with E-state index in [0.717, 1.165) is 71.7 Å². The minimum atomic E-state index is 0.126. The quantitative estimate of drug-likeness (QED) is 0.711. The van der Waals surface area contributed by atoms with E-state index in [1.807, 2.05) is 4.90 Å². The highest BCUT2D eigenvalue weighted by Crippen LogP contribution is 2.18. The van der Waals surface area contributed by atoms with Gasteiger partial charge in [-0.3, -0.25) is 24.3 Å². The molecule has 2 aliphatic heterocycles. The van der Waals surface area contributed by atoms with E-state index in [9.17, 15) is 9.59 Å². The number of rotatable bonds is 7. The molecule has 29 heavy (non-hydrogen) atoms. The summed E-state index contributed by atoms with van der Waals surface area (Å²) in [7, 11) is 0. The second-order valence-corrected chi connectivity index (χ2v) is 8.54. The first-order valence-corrected chi connectivity index (χ1v) is 10.9. The number of nitrogens with zero attached hydrogens (tertiary/aromatic N) is 4. The average Bonchev–Trinajstić information content (AvgIpc) is 3.54. The zero-order chi connectivity index (χ0) is 20.1. The molecule has 3 aliphatic rings. The second kappa shape index (κ2) is 9.69. The van der Waals surface area contributed by atoms with Crippen LogP contribution in [0.15, 0.2) is 30.3 Å². The molecule has 2 saturated heterocycles. The third kappa shape index (κ3) is 6.26. The Morgan fingerprint density at radius 1 is 0.793 bits per heavy atom. The zero-order valence-corrected chi connectivity index (χ0v) is 17.3. The molecule has 1 aromatic rings. The maximum Gasteiger partial charge on any atom is 0.236 e. The van der Waals surface area contributed by atoms with Crippen molar-refractivity contribution >= 4 is 11.8 Å². The Labute approximate surface area is 173 Å². The molecule has 7 nitrogen and oxygen atoms in total. The summed E-state index contributed by atoms with van der Waals surface area (Å²) in [6, 6.07) is 11.0. The lowest BCUT2D eigenvalue weighted by Gasteiger charge is -2.37.